The zero-order valence-electron chi connectivity index (χ0n) is 19.1. The normalized spacial score (nSPS) is 12.8. The van der Waals surface area contributed by atoms with E-state index in [0.717, 1.165) is 5.56 Å². The van der Waals surface area contributed by atoms with E-state index in [9.17, 15) is 19.5 Å². The number of benzene rings is 2. The molecule has 4 N–H and O–H groups in total. The molecule has 2 aromatic carbocycles. The fourth-order valence-corrected chi connectivity index (χ4v) is 3.99. The second kappa shape index (κ2) is 10.2. The van der Waals surface area contributed by atoms with E-state index in [1.807, 2.05) is 30.3 Å². The van der Waals surface area contributed by atoms with Crippen LogP contribution in [0.5, 0.6) is 5.75 Å². The molecule has 0 bridgehead atoms. The standard InChI is InChI=1S/C26H25N3O6/c1-35-18-9-7-17(8-10-18)19-13-20-21(28-25(19)33)15-29(14-16-5-3-2-4-6-16)23(24(20)32)26(34)27-12-11-22(30)31/h2-10,13,32H,11-12,14-15H2,1H3,(H,27,34)(H,28,33)(H,30,31). The van der Waals surface area contributed by atoms with E-state index in [1.165, 1.54) is 0 Å². The minimum atomic E-state index is -1.04. The minimum absolute atomic E-state index is 0.0134. The van der Waals surface area contributed by atoms with Crippen LogP contribution in [0.2, 0.25) is 0 Å². The molecule has 35 heavy (non-hydrogen) atoms. The number of aliphatic hydroxyl groups is 1. The summed E-state index contributed by atoms with van der Waals surface area (Å²) in [7, 11) is 1.55. The highest BCUT2D eigenvalue weighted by molar-refractivity contribution is 6.00. The van der Waals surface area contributed by atoms with Crippen molar-refractivity contribution in [2.45, 2.75) is 19.5 Å². The molecule has 1 aliphatic heterocycles. The van der Waals surface area contributed by atoms with Gasteiger partial charge in [0.15, 0.2) is 5.76 Å². The van der Waals surface area contributed by atoms with Gasteiger partial charge in [0, 0.05) is 29.9 Å². The summed E-state index contributed by atoms with van der Waals surface area (Å²) in [6.45, 7) is 0.391. The number of aliphatic carboxylic acids is 1. The van der Waals surface area contributed by atoms with Gasteiger partial charge in [-0.3, -0.25) is 14.4 Å². The molecule has 0 radical (unpaired) electrons. The highest BCUT2D eigenvalue weighted by Crippen LogP contribution is 2.32. The zero-order valence-corrected chi connectivity index (χ0v) is 19.1. The number of fused-ring (bicyclic) bond motifs is 1. The molecule has 1 aromatic heterocycles. The molecule has 1 aliphatic rings. The number of rotatable bonds is 8. The Bertz CT molecular complexity index is 1330. The second-order valence-electron chi connectivity index (χ2n) is 8.07. The van der Waals surface area contributed by atoms with Crippen molar-refractivity contribution in [1.82, 2.24) is 15.2 Å². The molecule has 180 valence electrons. The summed E-state index contributed by atoms with van der Waals surface area (Å²) >= 11 is 0. The Morgan fingerprint density at radius 1 is 1.09 bits per heavy atom. The third-order valence-corrected chi connectivity index (χ3v) is 5.72. The highest BCUT2D eigenvalue weighted by atomic mass is 16.5. The first kappa shape index (κ1) is 23.6. The first-order valence-electron chi connectivity index (χ1n) is 11.0. The molecule has 0 unspecified atom stereocenters. The number of hydrogen-bond donors (Lipinski definition) is 4. The molecule has 4 rings (SSSR count). The number of hydrogen-bond acceptors (Lipinski definition) is 6. The zero-order chi connectivity index (χ0) is 24.9. The maximum atomic E-state index is 13.0. The Labute approximate surface area is 201 Å². The van der Waals surface area contributed by atoms with E-state index >= 15 is 0 Å². The average molecular weight is 476 g/mol. The van der Waals surface area contributed by atoms with Crippen LogP contribution in [-0.2, 0) is 22.7 Å². The number of pyridine rings is 1. The van der Waals surface area contributed by atoms with Gasteiger partial charge in [-0.15, -0.1) is 0 Å². The molecule has 1 amide bonds. The Kier molecular flexibility index (Phi) is 6.86. The lowest BCUT2D eigenvalue weighted by molar-refractivity contribution is -0.136. The van der Waals surface area contributed by atoms with Gasteiger partial charge in [0.1, 0.15) is 11.4 Å². The average Bonchev–Trinajstić information content (AvgIpc) is 2.84. The Hall–Kier alpha value is -4.53. The number of amides is 1. The molecular weight excluding hydrogens is 450 g/mol. The fraction of sp³-hybridized carbons (Fsp3) is 0.192. The van der Waals surface area contributed by atoms with Gasteiger partial charge in [0.25, 0.3) is 11.5 Å². The molecule has 0 aliphatic carbocycles. The third kappa shape index (κ3) is 5.19. The van der Waals surface area contributed by atoms with Gasteiger partial charge >= 0.3 is 5.97 Å². The van der Waals surface area contributed by atoms with Gasteiger partial charge < -0.3 is 30.2 Å². The predicted octanol–water partition coefficient (Wildman–Crippen LogP) is 2.88. The second-order valence-corrected chi connectivity index (χ2v) is 8.07. The topological polar surface area (TPSA) is 132 Å². The van der Waals surface area contributed by atoms with Crippen LogP contribution < -0.4 is 15.6 Å². The number of H-pyrrole nitrogens is 1. The lowest BCUT2D eigenvalue weighted by Gasteiger charge is -2.32. The van der Waals surface area contributed by atoms with Gasteiger partial charge in [-0.2, -0.15) is 0 Å². The van der Waals surface area contributed by atoms with E-state index in [0.29, 0.717) is 34.7 Å². The van der Waals surface area contributed by atoms with Crippen molar-refractivity contribution >= 4 is 17.6 Å². The van der Waals surface area contributed by atoms with Crippen molar-refractivity contribution in [3.05, 3.63) is 93.5 Å². The first-order valence-corrected chi connectivity index (χ1v) is 11.0. The summed E-state index contributed by atoms with van der Waals surface area (Å²) in [4.78, 5) is 41.3. The van der Waals surface area contributed by atoms with Crippen LogP contribution in [0.4, 0.5) is 0 Å². The SMILES string of the molecule is COc1ccc(-c2cc3c([nH]c2=O)CN(Cc2ccccc2)C(C(=O)NCCC(=O)O)=C3O)cc1. The van der Waals surface area contributed by atoms with Crippen LogP contribution in [0.3, 0.4) is 0 Å². The van der Waals surface area contributed by atoms with Crippen molar-refractivity contribution < 1.29 is 24.5 Å². The molecule has 0 fully saturated rings. The van der Waals surface area contributed by atoms with Crippen molar-refractivity contribution in [3.8, 4) is 16.9 Å². The van der Waals surface area contributed by atoms with Crippen LogP contribution >= 0.6 is 0 Å². The van der Waals surface area contributed by atoms with E-state index in [4.69, 9.17) is 9.84 Å². The van der Waals surface area contributed by atoms with Crippen molar-refractivity contribution in [3.63, 3.8) is 0 Å². The number of carbonyl (C=O) groups excluding carboxylic acids is 1. The molecular formula is C26H25N3O6. The fourth-order valence-electron chi connectivity index (χ4n) is 3.99. The largest absolute Gasteiger partial charge is 0.505 e. The third-order valence-electron chi connectivity index (χ3n) is 5.72. The summed E-state index contributed by atoms with van der Waals surface area (Å²) in [5.74, 6) is -1.29. The van der Waals surface area contributed by atoms with Gasteiger partial charge in [0.2, 0.25) is 0 Å². The highest BCUT2D eigenvalue weighted by Gasteiger charge is 2.31. The quantitative estimate of drug-likeness (QED) is 0.394. The lowest BCUT2D eigenvalue weighted by atomic mass is 9.98. The van der Waals surface area contributed by atoms with Crippen molar-refractivity contribution in [2.75, 3.05) is 13.7 Å². The van der Waals surface area contributed by atoms with Crippen molar-refractivity contribution in [2.24, 2.45) is 0 Å². The van der Waals surface area contributed by atoms with Crippen LogP contribution in [-0.4, -0.2) is 45.6 Å². The number of carbonyl (C=O) groups is 2. The number of nitrogens with one attached hydrogen (secondary N) is 2. The molecule has 3 aromatic rings. The van der Waals surface area contributed by atoms with Gasteiger partial charge in [-0.25, -0.2) is 0 Å². The first-order chi connectivity index (χ1) is 16.9. The maximum Gasteiger partial charge on any atom is 0.305 e. The summed E-state index contributed by atoms with van der Waals surface area (Å²) < 4.78 is 5.17. The smallest absolute Gasteiger partial charge is 0.305 e. The number of ether oxygens (including phenoxy) is 1. The molecule has 0 atom stereocenters. The monoisotopic (exact) mass is 475 g/mol. The number of carboxylic acids is 1. The number of carboxylic acid groups (broad SMARTS) is 1. The van der Waals surface area contributed by atoms with Gasteiger partial charge in [0.05, 0.1) is 20.1 Å². The molecule has 9 nitrogen and oxygen atoms in total. The predicted molar refractivity (Wildman–Crippen MR) is 130 cm³/mol. The van der Waals surface area contributed by atoms with E-state index in [2.05, 4.69) is 10.3 Å². The lowest BCUT2D eigenvalue weighted by Crippen LogP contribution is -2.39. The van der Waals surface area contributed by atoms with Crippen LogP contribution in [0.25, 0.3) is 16.9 Å². The summed E-state index contributed by atoms with van der Waals surface area (Å²) in [5.41, 5.74) is 2.36. The molecule has 0 saturated heterocycles. The van der Waals surface area contributed by atoms with E-state index in [-0.39, 0.29) is 36.5 Å². The van der Waals surface area contributed by atoms with Crippen LogP contribution in [0, 0.1) is 0 Å². The Morgan fingerprint density at radius 2 is 1.80 bits per heavy atom. The molecule has 0 saturated carbocycles. The number of methoxy groups -OCH3 is 1. The van der Waals surface area contributed by atoms with Crippen molar-refractivity contribution in [1.29, 1.82) is 0 Å². The Morgan fingerprint density at radius 3 is 2.46 bits per heavy atom. The Balaban J connectivity index is 1.75. The number of aliphatic hydroxyl groups excluding tert-OH is 1. The van der Waals surface area contributed by atoms with E-state index in [1.54, 1.807) is 42.3 Å². The summed E-state index contributed by atoms with van der Waals surface area (Å²) in [6.07, 6.45) is -0.246. The maximum absolute atomic E-state index is 13.0. The van der Waals surface area contributed by atoms with Crippen LogP contribution in [0.1, 0.15) is 23.2 Å². The van der Waals surface area contributed by atoms with Crippen LogP contribution in [0.15, 0.2) is 71.2 Å². The molecule has 9 heteroatoms. The molecule has 2 heterocycles. The van der Waals surface area contributed by atoms with Gasteiger partial charge in [-0.05, 0) is 29.3 Å². The minimum Gasteiger partial charge on any atom is -0.505 e. The number of aromatic amines is 1. The summed E-state index contributed by atoms with van der Waals surface area (Å²) in [5, 5.41) is 22.7. The van der Waals surface area contributed by atoms with E-state index < -0.39 is 11.9 Å². The number of nitrogens with zero attached hydrogens (tertiary/aromatic N) is 1. The van der Waals surface area contributed by atoms with Gasteiger partial charge in [-0.1, -0.05) is 42.5 Å². The molecule has 0 spiro atoms. The summed E-state index contributed by atoms with van der Waals surface area (Å²) in [6, 6.07) is 17.9. The number of aromatic nitrogens is 1.